The maximum atomic E-state index is 12.2. The van der Waals surface area contributed by atoms with Gasteiger partial charge < -0.3 is 5.11 Å². The Labute approximate surface area is 118 Å². The van der Waals surface area contributed by atoms with Crippen molar-refractivity contribution in [2.45, 2.75) is 35.6 Å². The minimum atomic E-state index is -3.97. The zero-order valence-corrected chi connectivity index (χ0v) is 12.8. The van der Waals surface area contributed by atoms with Gasteiger partial charge in [-0.15, -0.1) is 0 Å². The van der Waals surface area contributed by atoms with Crippen LogP contribution in [-0.2, 0) is 20.0 Å². The van der Waals surface area contributed by atoms with Crippen LogP contribution in [0.1, 0.15) is 20.3 Å². The standard InChI is InChI=1S/C11H18N2O5S2/c1-11(2,6-7-14)13-20(17,18)10-5-3-4-9(8-10)19(12,15)16/h3-5,8,13-14H,6-7H2,1-2H3,(H2,12,15,16). The van der Waals surface area contributed by atoms with Crippen molar-refractivity contribution < 1.29 is 21.9 Å². The Kier molecular flexibility index (Phi) is 4.93. The number of rotatable bonds is 6. The lowest BCUT2D eigenvalue weighted by molar-refractivity contribution is 0.245. The summed E-state index contributed by atoms with van der Waals surface area (Å²) in [6.07, 6.45) is 0.223. The number of nitrogens with one attached hydrogen (secondary N) is 1. The molecule has 20 heavy (non-hydrogen) atoms. The van der Waals surface area contributed by atoms with Crippen LogP contribution in [0.5, 0.6) is 0 Å². The summed E-state index contributed by atoms with van der Waals surface area (Å²) >= 11 is 0. The number of sulfonamides is 2. The van der Waals surface area contributed by atoms with Gasteiger partial charge in [0.05, 0.1) is 9.79 Å². The van der Waals surface area contributed by atoms with E-state index in [1.54, 1.807) is 13.8 Å². The molecule has 0 amide bonds. The summed E-state index contributed by atoms with van der Waals surface area (Å²) in [5, 5.41) is 13.9. The Morgan fingerprint density at radius 3 is 2.25 bits per heavy atom. The lowest BCUT2D eigenvalue weighted by Crippen LogP contribution is -2.43. The van der Waals surface area contributed by atoms with Gasteiger partial charge in [0.2, 0.25) is 20.0 Å². The van der Waals surface area contributed by atoms with E-state index in [2.05, 4.69) is 4.72 Å². The monoisotopic (exact) mass is 322 g/mol. The highest BCUT2D eigenvalue weighted by Crippen LogP contribution is 2.18. The Bertz CT molecular complexity index is 681. The molecule has 0 heterocycles. The zero-order chi connectivity index (χ0) is 15.6. The van der Waals surface area contributed by atoms with Crippen LogP contribution in [0.2, 0.25) is 0 Å². The van der Waals surface area contributed by atoms with Crippen molar-refractivity contribution in [3.63, 3.8) is 0 Å². The molecule has 0 aliphatic heterocycles. The number of aliphatic hydroxyl groups is 1. The molecule has 0 bridgehead atoms. The van der Waals surface area contributed by atoms with Crippen molar-refractivity contribution in [1.29, 1.82) is 0 Å². The summed E-state index contributed by atoms with van der Waals surface area (Å²) < 4.78 is 49.2. The first-order valence-electron chi connectivity index (χ1n) is 5.76. The van der Waals surface area contributed by atoms with Gasteiger partial charge in [0, 0.05) is 12.1 Å². The van der Waals surface area contributed by atoms with E-state index in [1.807, 2.05) is 0 Å². The van der Waals surface area contributed by atoms with E-state index in [4.69, 9.17) is 10.2 Å². The molecule has 0 saturated carbocycles. The molecular formula is C11H18N2O5S2. The molecule has 4 N–H and O–H groups in total. The largest absolute Gasteiger partial charge is 0.396 e. The predicted octanol–water partition coefficient (Wildman–Crippen LogP) is -0.227. The lowest BCUT2D eigenvalue weighted by atomic mass is 10.0. The molecule has 7 nitrogen and oxygen atoms in total. The van der Waals surface area contributed by atoms with Gasteiger partial charge in [0.1, 0.15) is 0 Å². The molecule has 1 rings (SSSR count). The molecule has 0 fully saturated rings. The summed E-state index contributed by atoms with van der Waals surface area (Å²) in [6.45, 7) is 3.06. The summed E-state index contributed by atoms with van der Waals surface area (Å²) in [4.78, 5) is -0.477. The minimum Gasteiger partial charge on any atom is -0.396 e. The number of aliphatic hydroxyl groups excluding tert-OH is 1. The molecular weight excluding hydrogens is 304 g/mol. The zero-order valence-electron chi connectivity index (χ0n) is 11.2. The third-order valence-electron chi connectivity index (χ3n) is 2.59. The molecule has 1 aromatic carbocycles. The first kappa shape index (κ1) is 17.1. The smallest absolute Gasteiger partial charge is 0.241 e. The van der Waals surface area contributed by atoms with Crippen LogP contribution in [0.15, 0.2) is 34.1 Å². The van der Waals surface area contributed by atoms with Crippen molar-refractivity contribution in [3.05, 3.63) is 24.3 Å². The van der Waals surface area contributed by atoms with Gasteiger partial charge in [-0.05, 0) is 38.5 Å². The predicted molar refractivity (Wildman–Crippen MR) is 73.9 cm³/mol. The van der Waals surface area contributed by atoms with Crippen molar-refractivity contribution in [1.82, 2.24) is 4.72 Å². The second-order valence-corrected chi connectivity index (χ2v) is 8.23. The molecule has 1 aromatic rings. The first-order chi connectivity index (χ1) is 8.98. The van der Waals surface area contributed by atoms with Crippen molar-refractivity contribution in [3.8, 4) is 0 Å². The van der Waals surface area contributed by atoms with Crippen LogP contribution >= 0.6 is 0 Å². The number of hydrogen-bond donors (Lipinski definition) is 3. The van der Waals surface area contributed by atoms with Crippen molar-refractivity contribution in [2.24, 2.45) is 5.14 Å². The molecule has 0 aromatic heterocycles. The fourth-order valence-electron chi connectivity index (χ4n) is 1.57. The fraction of sp³-hybridized carbons (Fsp3) is 0.455. The highest BCUT2D eigenvalue weighted by atomic mass is 32.2. The van der Waals surface area contributed by atoms with E-state index < -0.39 is 25.6 Å². The lowest BCUT2D eigenvalue weighted by Gasteiger charge is -2.25. The molecule has 9 heteroatoms. The van der Waals surface area contributed by atoms with E-state index in [1.165, 1.54) is 18.2 Å². The molecule has 0 aliphatic carbocycles. The maximum Gasteiger partial charge on any atom is 0.241 e. The Morgan fingerprint density at radius 1 is 1.20 bits per heavy atom. The Hall–Kier alpha value is -1.00. The highest BCUT2D eigenvalue weighted by molar-refractivity contribution is 7.90. The maximum absolute atomic E-state index is 12.2. The second kappa shape index (κ2) is 5.78. The van der Waals surface area contributed by atoms with Gasteiger partial charge in [-0.3, -0.25) is 0 Å². The summed E-state index contributed by atoms with van der Waals surface area (Å²) in [5.74, 6) is 0. The normalized spacial score (nSPS) is 13.4. The Morgan fingerprint density at radius 2 is 1.75 bits per heavy atom. The highest BCUT2D eigenvalue weighted by Gasteiger charge is 2.26. The van der Waals surface area contributed by atoms with Crippen LogP contribution in [0.4, 0.5) is 0 Å². The van der Waals surface area contributed by atoms with Gasteiger partial charge in [-0.25, -0.2) is 26.7 Å². The molecule has 0 unspecified atom stereocenters. The third kappa shape index (κ3) is 4.53. The van der Waals surface area contributed by atoms with Crippen molar-refractivity contribution >= 4 is 20.0 Å². The minimum absolute atomic E-state index is 0.174. The van der Waals surface area contributed by atoms with Gasteiger partial charge in [0.25, 0.3) is 0 Å². The van der Waals surface area contributed by atoms with Crippen LogP contribution in [-0.4, -0.2) is 34.1 Å². The molecule has 0 aliphatic rings. The summed E-state index contributed by atoms with van der Waals surface area (Å²) in [7, 11) is -7.88. The topological polar surface area (TPSA) is 127 Å². The summed E-state index contributed by atoms with van der Waals surface area (Å²) in [6, 6.07) is 4.78. The van der Waals surface area contributed by atoms with Crippen LogP contribution in [0.25, 0.3) is 0 Å². The molecule has 114 valence electrons. The van der Waals surface area contributed by atoms with Gasteiger partial charge >= 0.3 is 0 Å². The third-order valence-corrected chi connectivity index (χ3v) is 5.20. The number of primary sulfonamides is 1. The first-order valence-corrected chi connectivity index (χ1v) is 8.79. The average molecular weight is 322 g/mol. The quantitative estimate of drug-likeness (QED) is 0.667. The number of hydrogen-bond acceptors (Lipinski definition) is 5. The summed E-state index contributed by atoms with van der Waals surface area (Å²) in [5.41, 5.74) is -0.856. The van der Waals surface area contributed by atoms with E-state index in [0.717, 1.165) is 6.07 Å². The average Bonchev–Trinajstić information content (AvgIpc) is 2.26. The van der Waals surface area contributed by atoms with Crippen LogP contribution in [0, 0.1) is 0 Å². The molecule has 0 radical (unpaired) electrons. The van der Waals surface area contributed by atoms with Crippen molar-refractivity contribution in [2.75, 3.05) is 6.61 Å². The van der Waals surface area contributed by atoms with Gasteiger partial charge in [0.15, 0.2) is 0 Å². The fourth-order valence-corrected chi connectivity index (χ4v) is 3.69. The van der Waals surface area contributed by atoms with E-state index in [-0.39, 0.29) is 22.8 Å². The van der Waals surface area contributed by atoms with Crippen LogP contribution in [0.3, 0.4) is 0 Å². The number of benzene rings is 1. The van der Waals surface area contributed by atoms with Gasteiger partial charge in [-0.2, -0.15) is 0 Å². The van der Waals surface area contributed by atoms with Crippen LogP contribution < -0.4 is 9.86 Å². The Balaban J connectivity index is 3.17. The van der Waals surface area contributed by atoms with E-state index in [0.29, 0.717) is 0 Å². The molecule has 0 saturated heterocycles. The second-order valence-electron chi connectivity index (χ2n) is 4.98. The van der Waals surface area contributed by atoms with E-state index >= 15 is 0 Å². The SMILES string of the molecule is CC(C)(CCO)NS(=O)(=O)c1cccc(S(N)(=O)=O)c1. The molecule has 0 atom stereocenters. The van der Waals surface area contributed by atoms with Gasteiger partial charge in [-0.1, -0.05) is 6.07 Å². The molecule has 0 spiro atoms. The number of nitrogens with two attached hydrogens (primary N) is 1. The van der Waals surface area contributed by atoms with E-state index in [9.17, 15) is 16.8 Å².